The number of aromatic nitrogens is 2. The number of aryl methyl sites for hydroxylation is 2. The number of anilines is 1. The Morgan fingerprint density at radius 2 is 1.95 bits per heavy atom. The van der Waals surface area contributed by atoms with Gasteiger partial charge in [-0.05, 0) is 19.3 Å². The molecule has 1 aromatic rings. The highest BCUT2D eigenvalue weighted by Gasteiger charge is 2.37. The first-order chi connectivity index (χ1) is 9.38. The zero-order valence-corrected chi connectivity index (χ0v) is 12.6. The summed E-state index contributed by atoms with van der Waals surface area (Å²) in [6, 6.07) is 0. The van der Waals surface area contributed by atoms with E-state index in [4.69, 9.17) is 0 Å². The Balaban J connectivity index is 2.83. The van der Waals surface area contributed by atoms with Gasteiger partial charge in [-0.3, -0.25) is 14.3 Å². The first-order valence-corrected chi connectivity index (χ1v) is 6.94. The largest absolute Gasteiger partial charge is 0.481 e. The number of hydrogen-bond donors (Lipinski definition) is 2. The number of carboxylic acid groups (broad SMARTS) is 1. The third kappa shape index (κ3) is 3.37. The number of nitrogens with zero attached hydrogens (tertiary/aromatic N) is 2. The summed E-state index contributed by atoms with van der Waals surface area (Å²) in [4.78, 5) is 23.5. The lowest BCUT2D eigenvalue weighted by molar-refractivity contribution is -0.151. The highest BCUT2D eigenvalue weighted by Crippen LogP contribution is 2.31. The topological polar surface area (TPSA) is 84.2 Å². The molecule has 0 aliphatic heterocycles. The van der Waals surface area contributed by atoms with Gasteiger partial charge in [0.2, 0.25) is 5.91 Å². The maximum absolute atomic E-state index is 12.1. The van der Waals surface area contributed by atoms with Gasteiger partial charge in [-0.25, -0.2) is 0 Å². The average molecular weight is 281 g/mol. The maximum Gasteiger partial charge on any atom is 0.310 e. The molecular formula is C14H23N3O3. The lowest BCUT2D eigenvalue weighted by atomic mass is 9.79. The van der Waals surface area contributed by atoms with Crippen molar-refractivity contribution in [3.8, 4) is 0 Å². The second-order valence-corrected chi connectivity index (χ2v) is 5.03. The number of carbonyl (C=O) groups excluding carboxylic acids is 1. The van der Waals surface area contributed by atoms with E-state index in [2.05, 4.69) is 10.4 Å². The Hall–Kier alpha value is -1.85. The molecule has 0 aromatic carbocycles. The average Bonchev–Trinajstić information content (AvgIpc) is 2.75. The van der Waals surface area contributed by atoms with E-state index in [0.29, 0.717) is 24.9 Å². The van der Waals surface area contributed by atoms with E-state index in [9.17, 15) is 14.7 Å². The molecular weight excluding hydrogens is 258 g/mol. The quantitative estimate of drug-likeness (QED) is 0.802. The van der Waals surface area contributed by atoms with Gasteiger partial charge >= 0.3 is 5.97 Å². The molecule has 1 rings (SSSR count). The smallest absolute Gasteiger partial charge is 0.310 e. The van der Waals surface area contributed by atoms with Gasteiger partial charge in [0.1, 0.15) is 0 Å². The van der Waals surface area contributed by atoms with Gasteiger partial charge in [0, 0.05) is 19.7 Å². The minimum Gasteiger partial charge on any atom is -0.481 e. The molecule has 0 radical (unpaired) electrons. The first kappa shape index (κ1) is 16.2. The van der Waals surface area contributed by atoms with Crippen LogP contribution in [0.4, 0.5) is 5.69 Å². The van der Waals surface area contributed by atoms with Gasteiger partial charge in [0.25, 0.3) is 0 Å². The van der Waals surface area contributed by atoms with Crippen LogP contribution in [0.3, 0.4) is 0 Å². The van der Waals surface area contributed by atoms with Gasteiger partial charge in [-0.1, -0.05) is 20.8 Å². The zero-order valence-electron chi connectivity index (χ0n) is 12.6. The van der Waals surface area contributed by atoms with E-state index in [0.717, 1.165) is 5.69 Å². The Kier molecular flexibility index (Phi) is 5.30. The van der Waals surface area contributed by atoms with Crippen molar-refractivity contribution in [1.82, 2.24) is 9.78 Å². The van der Waals surface area contributed by atoms with Crippen LogP contribution in [-0.4, -0.2) is 26.8 Å². The third-order valence-electron chi connectivity index (χ3n) is 3.82. The molecule has 6 heteroatoms. The van der Waals surface area contributed by atoms with Crippen molar-refractivity contribution >= 4 is 17.6 Å². The molecule has 1 amide bonds. The summed E-state index contributed by atoms with van der Waals surface area (Å²) >= 11 is 0. The molecule has 0 aliphatic rings. The highest BCUT2D eigenvalue weighted by molar-refractivity contribution is 5.94. The Labute approximate surface area is 119 Å². The first-order valence-electron chi connectivity index (χ1n) is 6.94. The van der Waals surface area contributed by atoms with E-state index in [1.165, 1.54) is 0 Å². The molecule has 0 fully saturated rings. The summed E-state index contributed by atoms with van der Waals surface area (Å²) in [5.41, 5.74) is 0.472. The van der Waals surface area contributed by atoms with Crippen molar-refractivity contribution in [2.75, 3.05) is 5.32 Å². The standard InChI is InChI=1S/C14H23N3O3/c1-5-10-11(9-17(4)16-10)15-12(18)8-14(6-2,7-3)13(19)20/h9H,5-8H2,1-4H3,(H,15,18)(H,19,20). The van der Waals surface area contributed by atoms with Gasteiger partial charge in [0.15, 0.2) is 0 Å². The fraction of sp³-hybridized carbons (Fsp3) is 0.643. The molecule has 112 valence electrons. The Bertz CT molecular complexity index is 490. The molecule has 0 unspecified atom stereocenters. The maximum atomic E-state index is 12.1. The van der Waals surface area contributed by atoms with Gasteiger partial charge in [-0.15, -0.1) is 0 Å². The molecule has 20 heavy (non-hydrogen) atoms. The monoisotopic (exact) mass is 281 g/mol. The molecule has 0 saturated carbocycles. The van der Waals surface area contributed by atoms with Crippen LogP contribution in [0.15, 0.2) is 6.20 Å². The Morgan fingerprint density at radius 1 is 1.35 bits per heavy atom. The van der Waals surface area contributed by atoms with E-state index in [-0.39, 0.29) is 12.3 Å². The third-order valence-corrected chi connectivity index (χ3v) is 3.82. The zero-order chi connectivity index (χ0) is 15.3. The van der Waals surface area contributed by atoms with Crippen LogP contribution in [0, 0.1) is 5.41 Å². The van der Waals surface area contributed by atoms with Crippen molar-refractivity contribution in [1.29, 1.82) is 0 Å². The van der Waals surface area contributed by atoms with Crippen LogP contribution < -0.4 is 5.32 Å². The summed E-state index contributed by atoms with van der Waals surface area (Å²) in [5.74, 6) is -1.20. The van der Waals surface area contributed by atoms with E-state index < -0.39 is 11.4 Å². The summed E-state index contributed by atoms with van der Waals surface area (Å²) in [5, 5.41) is 16.4. The predicted octanol–water partition coefficient (Wildman–Crippen LogP) is 2.20. The number of hydrogen-bond acceptors (Lipinski definition) is 3. The van der Waals surface area contributed by atoms with Crippen molar-refractivity contribution in [2.45, 2.75) is 46.5 Å². The van der Waals surface area contributed by atoms with Crippen LogP contribution >= 0.6 is 0 Å². The fourth-order valence-electron chi connectivity index (χ4n) is 2.28. The molecule has 6 nitrogen and oxygen atoms in total. The molecule has 0 spiro atoms. The highest BCUT2D eigenvalue weighted by atomic mass is 16.4. The molecule has 0 bridgehead atoms. The lowest BCUT2D eigenvalue weighted by Gasteiger charge is -2.25. The van der Waals surface area contributed by atoms with Gasteiger partial charge in [-0.2, -0.15) is 5.10 Å². The van der Waals surface area contributed by atoms with E-state index >= 15 is 0 Å². The molecule has 2 N–H and O–H groups in total. The van der Waals surface area contributed by atoms with Crippen molar-refractivity contribution in [2.24, 2.45) is 12.5 Å². The predicted molar refractivity (Wildman–Crippen MR) is 76.5 cm³/mol. The number of amides is 1. The lowest BCUT2D eigenvalue weighted by Crippen LogP contribution is -2.34. The molecule has 1 aromatic heterocycles. The van der Waals surface area contributed by atoms with Crippen molar-refractivity contribution in [3.63, 3.8) is 0 Å². The van der Waals surface area contributed by atoms with Crippen LogP contribution in [0.1, 0.15) is 45.7 Å². The summed E-state index contributed by atoms with van der Waals surface area (Å²) in [7, 11) is 1.79. The van der Waals surface area contributed by atoms with Crippen LogP contribution in [-0.2, 0) is 23.1 Å². The second-order valence-electron chi connectivity index (χ2n) is 5.03. The number of rotatable bonds is 7. The minimum absolute atomic E-state index is 0.0205. The normalized spacial score (nSPS) is 11.4. The van der Waals surface area contributed by atoms with Gasteiger partial charge < -0.3 is 10.4 Å². The SMILES string of the molecule is CCc1nn(C)cc1NC(=O)CC(CC)(CC)C(=O)O. The molecule has 0 atom stereocenters. The van der Waals surface area contributed by atoms with Crippen LogP contribution in [0.5, 0.6) is 0 Å². The number of carboxylic acids is 1. The molecule has 0 saturated heterocycles. The summed E-state index contributed by atoms with van der Waals surface area (Å²) < 4.78 is 1.64. The molecule has 1 heterocycles. The van der Waals surface area contributed by atoms with E-state index in [1.807, 2.05) is 6.92 Å². The van der Waals surface area contributed by atoms with Gasteiger partial charge in [0.05, 0.1) is 16.8 Å². The second kappa shape index (κ2) is 6.54. The summed E-state index contributed by atoms with van der Waals surface area (Å²) in [6.45, 7) is 5.55. The number of nitrogens with one attached hydrogen (secondary N) is 1. The van der Waals surface area contributed by atoms with E-state index in [1.54, 1.807) is 31.8 Å². The van der Waals surface area contributed by atoms with Crippen LogP contribution in [0.2, 0.25) is 0 Å². The molecule has 0 aliphatic carbocycles. The van der Waals surface area contributed by atoms with Crippen LogP contribution in [0.25, 0.3) is 0 Å². The Morgan fingerprint density at radius 3 is 2.40 bits per heavy atom. The number of carbonyl (C=O) groups is 2. The summed E-state index contributed by atoms with van der Waals surface area (Å²) in [6.07, 6.45) is 3.28. The minimum atomic E-state index is -0.987. The fourth-order valence-corrected chi connectivity index (χ4v) is 2.28. The number of aliphatic carboxylic acids is 1. The van der Waals surface area contributed by atoms with Crippen molar-refractivity contribution < 1.29 is 14.7 Å². The van der Waals surface area contributed by atoms with Crippen molar-refractivity contribution in [3.05, 3.63) is 11.9 Å².